The van der Waals surface area contributed by atoms with Gasteiger partial charge in [0, 0.05) is 24.4 Å². The number of para-hydroxylation sites is 2. The van der Waals surface area contributed by atoms with E-state index in [2.05, 4.69) is 59.4 Å². The van der Waals surface area contributed by atoms with Gasteiger partial charge in [0.05, 0.1) is 38.8 Å². The molecule has 0 bridgehead atoms. The molecular formula is C41H44N4O4S2. The third kappa shape index (κ3) is 7.21. The molecule has 10 heteroatoms. The van der Waals surface area contributed by atoms with E-state index in [-0.39, 0.29) is 17.4 Å². The molecule has 7 rings (SSSR count). The maximum atomic E-state index is 14.3. The zero-order chi connectivity index (χ0) is 35.5. The smallest absolute Gasteiger partial charge is 0.305 e. The van der Waals surface area contributed by atoms with E-state index < -0.39 is 0 Å². The Balaban J connectivity index is 1.25. The number of fused-ring (bicyclic) bond motifs is 2. The second-order valence-corrected chi connectivity index (χ2v) is 15.3. The highest BCUT2D eigenvalue weighted by atomic mass is 32.2. The van der Waals surface area contributed by atoms with E-state index in [1.165, 1.54) is 43.1 Å². The number of hydrazone groups is 1. The zero-order valence-electron chi connectivity index (χ0n) is 29.5. The first kappa shape index (κ1) is 35.0. The predicted octanol–water partition coefficient (Wildman–Crippen LogP) is 7.29. The number of unbranched alkanes of at least 4 members (excludes halogenated alkanes) is 2. The van der Waals surface area contributed by atoms with Crippen molar-refractivity contribution in [1.29, 1.82) is 0 Å². The van der Waals surface area contributed by atoms with Crippen LogP contribution in [-0.2, 0) is 20.9 Å². The number of esters is 1. The lowest BCUT2D eigenvalue weighted by Gasteiger charge is -2.28. The molecule has 8 nitrogen and oxygen atoms in total. The van der Waals surface area contributed by atoms with E-state index in [0.29, 0.717) is 64.5 Å². The average Bonchev–Trinajstić information content (AvgIpc) is 3.76. The SMILES string of the molecule is CCOC(=O)CCCCCn1c(=O)/c(=C2\C=C3C=C(/C=C4\Sc5ccccc5N4CC)CCC3CC2)s/c1=C1/C(=O)N(c2ccccc2)N=C1C. The summed E-state index contributed by atoms with van der Waals surface area (Å²) in [6.45, 7) is 7.59. The molecule has 3 aromatic rings. The molecule has 1 unspecified atom stereocenters. The van der Waals surface area contributed by atoms with Gasteiger partial charge in [-0.1, -0.05) is 60.7 Å². The Morgan fingerprint density at radius 1 is 0.980 bits per heavy atom. The predicted molar refractivity (Wildman–Crippen MR) is 208 cm³/mol. The molecule has 4 aliphatic rings. The quantitative estimate of drug-likeness (QED) is 0.162. The summed E-state index contributed by atoms with van der Waals surface area (Å²) in [6.07, 6.45) is 13.4. The van der Waals surface area contributed by atoms with Crippen LogP contribution in [0.5, 0.6) is 0 Å². The van der Waals surface area contributed by atoms with Crippen molar-refractivity contribution >= 4 is 63.2 Å². The number of nitrogens with zero attached hydrogens (tertiary/aromatic N) is 4. The molecule has 0 N–H and O–H groups in total. The topological polar surface area (TPSA) is 84.2 Å². The van der Waals surface area contributed by atoms with E-state index in [4.69, 9.17) is 4.74 Å². The minimum absolute atomic E-state index is 0.0576. The van der Waals surface area contributed by atoms with Crippen molar-refractivity contribution in [3.63, 3.8) is 0 Å². The van der Waals surface area contributed by atoms with Crippen molar-refractivity contribution < 1.29 is 14.3 Å². The summed E-state index contributed by atoms with van der Waals surface area (Å²) < 4.78 is 8.22. The van der Waals surface area contributed by atoms with Crippen LogP contribution in [0, 0.1) is 5.92 Å². The number of carbonyl (C=O) groups excluding carboxylic acids is 2. The van der Waals surface area contributed by atoms with Gasteiger partial charge in [0.1, 0.15) is 4.66 Å². The standard InChI is InChI=1S/C41H44N4O4S2/c1-4-43-33-16-11-12-17-34(33)50-35(43)25-28-19-20-29-21-22-30(26-31(29)24-28)38-40(48)44(23-13-7-10-18-36(46)49-5-2)41(51-38)37-27(3)42-45(39(37)47)32-14-8-6-9-15-32/h6,8-9,11-12,14-17,24-26,29H,4-5,7,10,13,18-23H2,1-3H3/b35-25-,38-30+,41-37+. The van der Waals surface area contributed by atoms with Crippen LogP contribution in [0.4, 0.5) is 11.4 Å². The first-order valence-electron chi connectivity index (χ1n) is 18.1. The van der Waals surface area contributed by atoms with Crippen LogP contribution in [0.1, 0.15) is 72.1 Å². The van der Waals surface area contributed by atoms with Gasteiger partial charge >= 0.3 is 5.97 Å². The summed E-state index contributed by atoms with van der Waals surface area (Å²) in [6, 6.07) is 18.0. The van der Waals surface area contributed by atoms with Gasteiger partial charge < -0.3 is 9.64 Å². The summed E-state index contributed by atoms with van der Waals surface area (Å²) in [7, 11) is 0. The lowest BCUT2D eigenvalue weighted by atomic mass is 9.77. The van der Waals surface area contributed by atoms with Crippen molar-refractivity contribution in [3.05, 3.63) is 109 Å². The zero-order valence-corrected chi connectivity index (χ0v) is 31.2. The van der Waals surface area contributed by atoms with Gasteiger partial charge in [-0.3, -0.25) is 19.0 Å². The summed E-state index contributed by atoms with van der Waals surface area (Å²) in [4.78, 5) is 43.8. The van der Waals surface area contributed by atoms with Crippen molar-refractivity contribution in [3.8, 4) is 0 Å². The molecule has 0 saturated carbocycles. The molecule has 2 aromatic carbocycles. The molecule has 1 atom stereocenters. The lowest BCUT2D eigenvalue weighted by Crippen LogP contribution is -2.35. The van der Waals surface area contributed by atoms with Gasteiger partial charge in [0.15, 0.2) is 0 Å². The highest BCUT2D eigenvalue weighted by molar-refractivity contribution is 8.03. The number of thioether (sulfide) groups is 1. The molecule has 2 aliphatic carbocycles. The molecule has 0 radical (unpaired) electrons. The van der Waals surface area contributed by atoms with Crippen molar-refractivity contribution in [2.45, 2.75) is 83.6 Å². The number of hydrogen-bond donors (Lipinski definition) is 0. The summed E-state index contributed by atoms with van der Waals surface area (Å²) in [5, 5.41) is 7.33. The number of thiazole rings is 1. The van der Waals surface area contributed by atoms with E-state index in [0.717, 1.165) is 44.2 Å². The number of benzene rings is 2. The number of hydrogen-bond acceptors (Lipinski definition) is 8. The molecule has 0 fully saturated rings. The summed E-state index contributed by atoms with van der Waals surface area (Å²) in [5.74, 6) is 0.0573. The Bertz CT molecular complexity index is 2160. The van der Waals surface area contributed by atoms with Crippen molar-refractivity contribution in [2.24, 2.45) is 11.0 Å². The lowest BCUT2D eigenvalue weighted by molar-refractivity contribution is -0.143. The van der Waals surface area contributed by atoms with Crippen LogP contribution in [0.15, 0.2) is 104 Å². The highest BCUT2D eigenvalue weighted by Gasteiger charge is 2.32. The fourth-order valence-electron chi connectivity index (χ4n) is 7.37. The highest BCUT2D eigenvalue weighted by Crippen LogP contribution is 2.47. The van der Waals surface area contributed by atoms with Gasteiger partial charge in [-0.15, -0.1) is 11.3 Å². The molecular weight excluding hydrogens is 677 g/mol. The number of anilines is 2. The number of carbonyl (C=O) groups is 2. The van der Waals surface area contributed by atoms with Gasteiger partial charge in [-0.05, 0) is 112 Å². The number of allylic oxidation sites excluding steroid dienone is 5. The Labute approximate surface area is 307 Å². The maximum Gasteiger partial charge on any atom is 0.305 e. The largest absolute Gasteiger partial charge is 0.466 e. The fourth-order valence-corrected chi connectivity index (χ4v) is 9.88. The van der Waals surface area contributed by atoms with E-state index in [1.807, 2.05) is 55.9 Å². The average molecular weight is 721 g/mol. The summed E-state index contributed by atoms with van der Waals surface area (Å²) >= 11 is 3.25. The Morgan fingerprint density at radius 2 is 1.76 bits per heavy atom. The molecule has 2 aliphatic heterocycles. The number of rotatable bonds is 10. The third-order valence-corrected chi connectivity index (χ3v) is 12.3. The normalized spacial score (nSPS) is 21.4. The second-order valence-electron chi connectivity index (χ2n) is 13.3. The van der Waals surface area contributed by atoms with E-state index >= 15 is 0 Å². The van der Waals surface area contributed by atoms with Crippen molar-refractivity contribution in [2.75, 3.05) is 23.1 Å². The minimum atomic E-state index is -0.226. The van der Waals surface area contributed by atoms with Crippen LogP contribution in [0.3, 0.4) is 0 Å². The van der Waals surface area contributed by atoms with E-state index in [1.54, 1.807) is 4.57 Å². The number of aromatic nitrogens is 1. The Hall–Kier alpha value is -4.41. The summed E-state index contributed by atoms with van der Waals surface area (Å²) in [5.41, 5.74) is 6.63. The maximum absolute atomic E-state index is 14.3. The first-order valence-corrected chi connectivity index (χ1v) is 19.8. The molecule has 264 valence electrons. The fraction of sp³-hybridized carbons (Fsp3) is 0.366. The molecule has 1 aromatic heterocycles. The van der Waals surface area contributed by atoms with Crippen LogP contribution < -0.4 is 24.7 Å². The molecule has 0 saturated heterocycles. The number of ether oxygens (including phenoxy) is 1. The Morgan fingerprint density at radius 3 is 2.57 bits per heavy atom. The van der Waals surface area contributed by atoms with Crippen LogP contribution in [-0.4, -0.2) is 35.3 Å². The monoisotopic (exact) mass is 720 g/mol. The van der Waals surface area contributed by atoms with Crippen LogP contribution in [0.2, 0.25) is 0 Å². The molecule has 3 heterocycles. The van der Waals surface area contributed by atoms with Gasteiger partial charge in [-0.25, -0.2) is 0 Å². The van der Waals surface area contributed by atoms with Crippen LogP contribution in [0.25, 0.3) is 11.1 Å². The second kappa shape index (κ2) is 15.5. The number of amides is 1. The molecule has 0 spiro atoms. The first-order chi connectivity index (χ1) is 24.9. The van der Waals surface area contributed by atoms with E-state index in [9.17, 15) is 14.4 Å². The van der Waals surface area contributed by atoms with Gasteiger partial charge in [-0.2, -0.15) is 10.1 Å². The van der Waals surface area contributed by atoms with Gasteiger partial charge in [0.2, 0.25) is 0 Å². The molecule has 51 heavy (non-hydrogen) atoms. The van der Waals surface area contributed by atoms with Gasteiger partial charge in [0.25, 0.3) is 11.5 Å². The van der Waals surface area contributed by atoms with Crippen molar-refractivity contribution in [1.82, 2.24) is 4.57 Å². The third-order valence-electron chi connectivity index (χ3n) is 9.95. The Kier molecular flexibility index (Phi) is 10.6. The van der Waals surface area contributed by atoms with Crippen LogP contribution >= 0.6 is 23.1 Å². The minimum Gasteiger partial charge on any atom is -0.466 e. The molecule has 1 amide bonds.